The second kappa shape index (κ2) is 8.98. The predicted molar refractivity (Wildman–Crippen MR) is 124 cm³/mol. The first kappa shape index (κ1) is 21.1. The van der Waals surface area contributed by atoms with Crippen LogP contribution in [-0.4, -0.2) is 46.5 Å². The third-order valence-corrected chi connectivity index (χ3v) is 7.92. The molecule has 3 amide bonds. The van der Waals surface area contributed by atoms with Crippen molar-refractivity contribution in [2.24, 2.45) is 0 Å². The van der Waals surface area contributed by atoms with E-state index >= 15 is 0 Å². The third-order valence-electron chi connectivity index (χ3n) is 6.61. The Morgan fingerprint density at radius 1 is 1.03 bits per heavy atom. The lowest BCUT2D eigenvalue weighted by molar-refractivity contribution is -0.131. The summed E-state index contributed by atoms with van der Waals surface area (Å²) in [5.41, 5.74) is 2.63. The molecule has 2 fully saturated rings. The highest BCUT2D eigenvalue weighted by atomic mass is 32.2. The van der Waals surface area contributed by atoms with Crippen molar-refractivity contribution in [3.05, 3.63) is 71.3 Å². The van der Waals surface area contributed by atoms with Gasteiger partial charge in [-0.3, -0.25) is 14.4 Å². The molecule has 1 saturated carbocycles. The molecule has 3 atom stereocenters. The Bertz CT molecular complexity index is 1020. The first-order chi connectivity index (χ1) is 15.6. The van der Waals surface area contributed by atoms with Gasteiger partial charge in [-0.15, -0.1) is 11.8 Å². The van der Waals surface area contributed by atoms with E-state index in [0.29, 0.717) is 17.7 Å². The zero-order valence-corrected chi connectivity index (χ0v) is 18.6. The summed E-state index contributed by atoms with van der Waals surface area (Å²) in [6.45, 7) is 0. The molecular formula is C25H27N3O3S. The van der Waals surface area contributed by atoms with Gasteiger partial charge in [0.2, 0.25) is 11.8 Å². The molecule has 5 rings (SSSR count). The van der Waals surface area contributed by atoms with E-state index < -0.39 is 12.1 Å². The number of fused-ring (bicyclic) bond motifs is 3. The van der Waals surface area contributed by atoms with Crippen LogP contribution in [0.15, 0.2) is 54.6 Å². The monoisotopic (exact) mass is 449 g/mol. The van der Waals surface area contributed by atoms with Gasteiger partial charge < -0.3 is 15.5 Å². The number of thioether (sulfide) groups is 1. The van der Waals surface area contributed by atoms with Crippen LogP contribution in [0, 0.1) is 0 Å². The maximum absolute atomic E-state index is 13.3. The topological polar surface area (TPSA) is 78.5 Å². The van der Waals surface area contributed by atoms with Crippen molar-refractivity contribution in [3.63, 3.8) is 0 Å². The standard InChI is InChI=1S/C25H27N3O3S/c29-22(26-17-10-4-5-11-17)20(14-16-8-2-1-3-9-16)27-23(30)21-15-32-25-19-13-7-6-12-18(19)24(31)28(21)25/h1-3,6-9,12-13,17,20-21,25H,4-5,10-11,14-15H2,(H,26,29)(H,27,30). The Kier molecular flexibility index (Phi) is 5.91. The predicted octanol–water partition coefficient (Wildman–Crippen LogP) is 3.04. The van der Waals surface area contributed by atoms with Crippen LogP contribution in [0.25, 0.3) is 0 Å². The van der Waals surface area contributed by atoms with Crippen molar-refractivity contribution >= 4 is 29.5 Å². The van der Waals surface area contributed by atoms with Crippen molar-refractivity contribution in [3.8, 4) is 0 Å². The fourth-order valence-corrected chi connectivity index (χ4v) is 6.41. The van der Waals surface area contributed by atoms with Gasteiger partial charge in [0, 0.05) is 23.8 Å². The molecule has 0 spiro atoms. The lowest BCUT2D eigenvalue weighted by Crippen LogP contribution is -2.55. The summed E-state index contributed by atoms with van der Waals surface area (Å²) >= 11 is 1.61. The van der Waals surface area contributed by atoms with E-state index in [2.05, 4.69) is 10.6 Å². The van der Waals surface area contributed by atoms with Crippen molar-refractivity contribution in [2.45, 2.75) is 55.6 Å². The van der Waals surface area contributed by atoms with Crippen molar-refractivity contribution in [1.29, 1.82) is 0 Å². The maximum atomic E-state index is 13.3. The first-order valence-corrected chi connectivity index (χ1v) is 12.3. The first-order valence-electron chi connectivity index (χ1n) is 11.3. The number of nitrogens with one attached hydrogen (secondary N) is 2. The van der Waals surface area contributed by atoms with Gasteiger partial charge in [0.1, 0.15) is 17.5 Å². The van der Waals surface area contributed by atoms with Crippen LogP contribution in [0.3, 0.4) is 0 Å². The minimum atomic E-state index is -0.672. The summed E-state index contributed by atoms with van der Waals surface area (Å²) in [5, 5.41) is 5.98. The molecule has 2 aromatic rings. The van der Waals surface area contributed by atoms with Gasteiger partial charge in [0.05, 0.1) is 0 Å². The van der Waals surface area contributed by atoms with Gasteiger partial charge in [-0.25, -0.2) is 0 Å². The molecule has 2 aromatic carbocycles. The van der Waals surface area contributed by atoms with Gasteiger partial charge in [-0.1, -0.05) is 61.4 Å². The zero-order chi connectivity index (χ0) is 22.1. The summed E-state index contributed by atoms with van der Waals surface area (Å²) in [6.07, 6.45) is 4.64. The molecule has 3 unspecified atom stereocenters. The molecule has 7 heteroatoms. The van der Waals surface area contributed by atoms with Crippen LogP contribution >= 0.6 is 11.8 Å². The highest BCUT2D eigenvalue weighted by molar-refractivity contribution is 7.99. The van der Waals surface area contributed by atoms with E-state index in [1.54, 1.807) is 16.7 Å². The van der Waals surface area contributed by atoms with Gasteiger partial charge >= 0.3 is 0 Å². The molecule has 0 bridgehead atoms. The summed E-state index contributed by atoms with van der Waals surface area (Å²) in [5.74, 6) is 0.0144. The molecule has 3 aliphatic rings. The molecule has 1 saturated heterocycles. The summed E-state index contributed by atoms with van der Waals surface area (Å²) in [6, 6.07) is 16.2. The number of rotatable bonds is 6. The third kappa shape index (κ3) is 4.01. The van der Waals surface area contributed by atoms with Crippen LogP contribution in [0.4, 0.5) is 0 Å². The zero-order valence-electron chi connectivity index (χ0n) is 17.8. The highest BCUT2D eigenvalue weighted by Crippen LogP contribution is 2.48. The Morgan fingerprint density at radius 2 is 1.75 bits per heavy atom. The van der Waals surface area contributed by atoms with Crippen molar-refractivity contribution < 1.29 is 14.4 Å². The Hall–Kier alpha value is -2.80. The number of hydrogen-bond acceptors (Lipinski definition) is 4. The van der Waals surface area contributed by atoms with Crippen LogP contribution < -0.4 is 10.6 Å². The minimum Gasteiger partial charge on any atom is -0.352 e. The van der Waals surface area contributed by atoms with Crippen LogP contribution in [0.2, 0.25) is 0 Å². The van der Waals surface area contributed by atoms with E-state index in [1.807, 2.05) is 54.6 Å². The Morgan fingerprint density at radius 3 is 2.53 bits per heavy atom. The summed E-state index contributed by atoms with van der Waals surface area (Å²) in [7, 11) is 0. The fourth-order valence-electron chi connectivity index (χ4n) is 4.94. The Balaban J connectivity index is 1.32. The molecule has 166 valence electrons. The Labute approximate surface area is 192 Å². The highest BCUT2D eigenvalue weighted by Gasteiger charge is 2.48. The van der Waals surface area contributed by atoms with Gasteiger partial charge in [0.15, 0.2) is 0 Å². The lowest BCUT2D eigenvalue weighted by atomic mass is 10.0. The number of nitrogens with zero attached hydrogens (tertiary/aromatic N) is 1. The van der Waals surface area contributed by atoms with Gasteiger partial charge in [0.25, 0.3) is 5.91 Å². The molecule has 1 aliphatic carbocycles. The molecule has 0 aromatic heterocycles. The second-order valence-corrected chi connectivity index (χ2v) is 9.86. The quantitative estimate of drug-likeness (QED) is 0.711. The molecule has 0 radical (unpaired) electrons. The van der Waals surface area contributed by atoms with Gasteiger partial charge in [-0.05, 0) is 30.0 Å². The second-order valence-electron chi connectivity index (χ2n) is 8.74. The fraction of sp³-hybridized carbons (Fsp3) is 0.400. The number of hydrogen-bond donors (Lipinski definition) is 2. The summed E-state index contributed by atoms with van der Waals surface area (Å²) < 4.78 is 0. The maximum Gasteiger partial charge on any atom is 0.256 e. The van der Waals surface area contributed by atoms with Crippen molar-refractivity contribution in [2.75, 3.05) is 5.75 Å². The van der Waals surface area contributed by atoms with E-state index in [-0.39, 0.29) is 29.1 Å². The number of benzene rings is 2. The average Bonchev–Trinajstić information content (AvgIpc) is 3.53. The van der Waals surface area contributed by atoms with Crippen LogP contribution in [0.1, 0.15) is 52.5 Å². The van der Waals surface area contributed by atoms with E-state index in [4.69, 9.17) is 0 Å². The number of carbonyl (C=O) groups is 3. The normalized spacial score (nSPS) is 23.0. The van der Waals surface area contributed by atoms with Crippen LogP contribution in [0.5, 0.6) is 0 Å². The van der Waals surface area contributed by atoms with Crippen LogP contribution in [-0.2, 0) is 16.0 Å². The molecule has 2 aliphatic heterocycles. The molecule has 2 N–H and O–H groups in total. The van der Waals surface area contributed by atoms with Gasteiger partial charge in [-0.2, -0.15) is 0 Å². The molecule has 32 heavy (non-hydrogen) atoms. The molecular weight excluding hydrogens is 422 g/mol. The molecule has 6 nitrogen and oxygen atoms in total. The average molecular weight is 450 g/mol. The number of carbonyl (C=O) groups excluding carboxylic acids is 3. The minimum absolute atomic E-state index is 0.106. The lowest BCUT2D eigenvalue weighted by Gasteiger charge is -2.26. The van der Waals surface area contributed by atoms with E-state index in [9.17, 15) is 14.4 Å². The smallest absolute Gasteiger partial charge is 0.256 e. The van der Waals surface area contributed by atoms with E-state index in [0.717, 1.165) is 36.8 Å². The SMILES string of the molecule is O=C(NC1CCCC1)C(Cc1ccccc1)NC(=O)C1CSC2c3ccccc3C(=O)N12. The number of amides is 3. The molecule has 2 heterocycles. The largest absolute Gasteiger partial charge is 0.352 e. The summed E-state index contributed by atoms with van der Waals surface area (Å²) in [4.78, 5) is 41.1. The van der Waals surface area contributed by atoms with Crippen molar-refractivity contribution in [1.82, 2.24) is 15.5 Å². The van der Waals surface area contributed by atoms with E-state index in [1.165, 1.54) is 0 Å².